The van der Waals surface area contributed by atoms with Crippen molar-refractivity contribution in [1.29, 1.82) is 0 Å². The summed E-state index contributed by atoms with van der Waals surface area (Å²) < 4.78 is 5.15. The van der Waals surface area contributed by atoms with Gasteiger partial charge in [-0.25, -0.2) is 0 Å². The van der Waals surface area contributed by atoms with Crippen LogP contribution in [0.5, 0.6) is 5.75 Å². The van der Waals surface area contributed by atoms with E-state index in [-0.39, 0.29) is 29.7 Å². The number of nitro benzene ring substituents is 1. The van der Waals surface area contributed by atoms with Crippen molar-refractivity contribution in [3.05, 3.63) is 86.7 Å². The summed E-state index contributed by atoms with van der Waals surface area (Å²) in [6.45, 7) is 1.14. The summed E-state index contributed by atoms with van der Waals surface area (Å²) >= 11 is 0. The number of carbonyl (C=O) groups is 2. The van der Waals surface area contributed by atoms with E-state index in [0.29, 0.717) is 37.1 Å². The molecule has 0 radical (unpaired) electrons. The molecule has 4 rings (SSSR count). The predicted octanol–water partition coefficient (Wildman–Crippen LogP) is 2.50. The monoisotopic (exact) mass is 449 g/mol. The minimum absolute atomic E-state index is 0.0732. The minimum Gasteiger partial charge on any atom is -0.497 e. The van der Waals surface area contributed by atoms with Gasteiger partial charge < -0.3 is 15.0 Å². The molecular weight excluding hydrogens is 426 g/mol. The first-order valence-electron chi connectivity index (χ1n) is 10.5. The van der Waals surface area contributed by atoms with Crippen molar-refractivity contribution in [1.82, 2.24) is 20.4 Å². The van der Waals surface area contributed by atoms with Crippen LogP contribution < -0.4 is 10.1 Å². The van der Waals surface area contributed by atoms with Gasteiger partial charge in [-0.15, -0.1) is 0 Å². The van der Waals surface area contributed by atoms with Gasteiger partial charge in [-0.2, -0.15) is 5.10 Å². The number of amides is 2. The Kier molecular flexibility index (Phi) is 6.34. The zero-order chi connectivity index (χ0) is 23.4. The van der Waals surface area contributed by atoms with Gasteiger partial charge in [-0.05, 0) is 36.2 Å². The summed E-state index contributed by atoms with van der Waals surface area (Å²) in [5.41, 5.74) is 3.16. The first kappa shape index (κ1) is 22.0. The van der Waals surface area contributed by atoms with Gasteiger partial charge in [0.1, 0.15) is 5.75 Å². The molecule has 1 aliphatic heterocycles. The molecule has 1 aliphatic rings. The van der Waals surface area contributed by atoms with Crippen LogP contribution in [0.2, 0.25) is 0 Å². The van der Waals surface area contributed by atoms with Crippen molar-refractivity contribution < 1.29 is 19.2 Å². The number of carbonyl (C=O) groups excluding carboxylic acids is 2. The number of ether oxygens (including phenoxy) is 1. The second-order valence-electron chi connectivity index (χ2n) is 7.66. The van der Waals surface area contributed by atoms with E-state index in [0.717, 1.165) is 17.0 Å². The maximum atomic E-state index is 12.9. The van der Waals surface area contributed by atoms with Gasteiger partial charge in [0.2, 0.25) is 0 Å². The molecule has 0 aliphatic carbocycles. The Labute approximate surface area is 189 Å². The van der Waals surface area contributed by atoms with Gasteiger partial charge in [-0.1, -0.05) is 12.1 Å². The summed E-state index contributed by atoms with van der Waals surface area (Å²) in [7, 11) is 1.61. The highest BCUT2D eigenvalue weighted by molar-refractivity contribution is 5.96. The number of methoxy groups -OCH3 is 1. The fraction of sp³-hybridized carbons (Fsp3) is 0.261. The first-order chi connectivity index (χ1) is 16.0. The Morgan fingerprint density at radius 1 is 1.18 bits per heavy atom. The number of non-ortho nitro benzene ring substituents is 1. The van der Waals surface area contributed by atoms with Crippen molar-refractivity contribution in [2.75, 3.05) is 20.2 Å². The summed E-state index contributed by atoms with van der Waals surface area (Å²) in [5.74, 6) is 0.229. The van der Waals surface area contributed by atoms with Crippen molar-refractivity contribution >= 4 is 17.5 Å². The Balaban J connectivity index is 1.38. The number of aromatic nitrogens is 2. The smallest absolute Gasteiger partial charge is 0.272 e. The predicted molar refractivity (Wildman–Crippen MR) is 119 cm³/mol. The van der Waals surface area contributed by atoms with Crippen LogP contribution in [0.1, 0.15) is 37.7 Å². The maximum Gasteiger partial charge on any atom is 0.272 e. The largest absolute Gasteiger partial charge is 0.497 e. The van der Waals surface area contributed by atoms with E-state index in [4.69, 9.17) is 4.74 Å². The zero-order valence-electron chi connectivity index (χ0n) is 18.0. The Hall–Kier alpha value is -4.21. The van der Waals surface area contributed by atoms with Gasteiger partial charge in [0.25, 0.3) is 17.5 Å². The highest BCUT2D eigenvalue weighted by atomic mass is 16.6. The first-order valence-corrected chi connectivity index (χ1v) is 10.5. The third-order valence-corrected chi connectivity index (χ3v) is 5.62. The van der Waals surface area contributed by atoms with Gasteiger partial charge in [-0.3, -0.25) is 24.8 Å². The van der Waals surface area contributed by atoms with E-state index >= 15 is 0 Å². The fourth-order valence-electron chi connectivity index (χ4n) is 3.76. The van der Waals surface area contributed by atoms with Crippen molar-refractivity contribution in [3.8, 4) is 5.75 Å². The molecule has 10 nitrogen and oxygen atoms in total. The second-order valence-corrected chi connectivity index (χ2v) is 7.66. The van der Waals surface area contributed by atoms with Crippen molar-refractivity contribution in [2.24, 2.45) is 0 Å². The van der Waals surface area contributed by atoms with Crippen LogP contribution >= 0.6 is 0 Å². The molecule has 0 saturated carbocycles. The molecular formula is C23H23N5O5. The third-order valence-electron chi connectivity index (χ3n) is 5.62. The highest BCUT2D eigenvalue weighted by Crippen LogP contribution is 2.23. The fourth-order valence-corrected chi connectivity index (χ4v) is 3.76. The van der Waals surface area contributed by atoms with E-state index in [9.17, 15) is 19.7 Å². The summed E-state index contributed by atoms with van der Waals surface area (Å²) in [6.07, 6.45) is 1.20. The van der Waals surface area contributed by atoms with Crippen LogP contribution in [-0.2, 0) is 19.4 Å². The summed E-state index contributed by atoms with van der Waals surface area (Å²) in [5, 5.41) is 20.8. The average molecular weight is 449 g/mol. The number of benzene rings is 2. The Morgan fingerprint density at radius 3 is 2.58 bits per heavy atom. The lowest BCUT2D eigenvalue weighted by Crippen LogP contribution is -2.37. The van der Waals surface area contributed by atoms with Crippen molar-refractivity contribution in [2.45, 2.75) is 19.4 Å². The molecule has 2 heterocycles. The van der Waals surface area contributed by atoms with Crippen LogP contribution in [0.15, 0.2) is 48.5 Å². The Morgan fingerprint density at radius 2 is 1.91 bits per heavy atom. The number of hydrogen-bond donors (Lipinski definition) is 2. The Bertz CT molecular complexity index is 1170. The number of nitrogens with zero attached hydrogens (tertiary/aromatic N) is 3. The lowest BCUT2D eigenvalue weighted by Gasteiger charge is -2.27. The van der Waals surface area contributed by atoms with Crippen LogP contribution in [0.4, 0.5) is 5.69 Å². The minimum atomic E-state index is -0.508. The number of rotatable bonds is 7. The van der Waals surface area contributed by atoms with E-state index in [1.807, 2.05) is 24.3 Å². The normalized spacial score (nSPS) is 12.7. The van der Waals surface area contributed by atoms with Gasteiger partial charge in [0.15, 0.2) is 5.69 Å². The van der Waals surface area contributed by atoms with Crippen LogP contribution in [0.3, 0.4) is 0 Å². The maximum absolute atomic E-state index is 12.9. The molecule has 0 atom stereocenters. The van der Waals surface area contributed by atoms with E-state index in [2.05, 4.69) is 15.5 Å². The molecule has 0 saturated heterocycles. The molecule has 170 valence electrons. The number of hydrogen-bond acceptors (Lipinski definition) is 6. The molecule has 2 amide bonds. The van der Waals surface area contributed by atoms with Crippen molar-refractivity contribution in [3.63, 3.8) is 0 Å². The molecule has 0 spiro atoms. The number of nitro groups is 1. The second kappa shape index (κ2) is 9.51. The van der Waals surface area contributed by atoms with Gasteiger partial charge >= 0.3 is 0 Å². The topological polar surface area (TPSA) is 130 Å². The van der Waals surface area contributed by atoms with Crippen LogP contribution in [-0.4, -0.2) is 52.0 Å². The lowest BCUT2D eigenvalue weighted by atomic mass is 10.0. The van der Waals surface area contributed by atoms with Gasteiger partial charge in [0, 0.05) is 48.5 Å². The number of H-pyrrole nitrogens is 1. The molecule has 0 fully saturated rings. The summed E-state index contributed by atoms with van der Waals surface area (Å²) in [6, 6.07) is 13.1. The average Bonchev–Trinajstić information content (AvgIpc) is 3.27. The van der Waals surface area contributed by atoms with E-state index in [1.165, 1.54) is 24.3 Å². The molecule has 3 aromatic rings. The molecule has 2 aromatic carbocycles. The zero-order valence-corrected chi connectivity index (χ0v) is 18.0. The number of nitrogens with one attached hydrogen (secondary N) is 2. The van der Waals surface area contributed by atoms with E-state index < -0.39 is 4.92 Å². The molecule has 1 aromatic heterocycles. The highest BCUT2D eigenvalue weighted by Gasteiger charge is 2.28. The summed E-state index contributed by atoms with van der Waals surface area (Å²) in [4.78, 5) is 37.6. The molecule has 2 N–H and O–H groups in total. The number of fused-ring (bicyclic) bond motifs is 1. The van der Waals surface area contributed by atoms with Gasteiger partial charge in [0.05, 0.1) is 18.6 Å². The van der Waals surface area contributed by atoms with Crippen LogP contribution in [0, 0.1) is 10.1 Å². The molecule has 0 unspecified atom stereocenters. The van der Waals surface area contributed by atoms with E-state index in [1.54, 1.807) is 12.0 Å². The lowest BCUT2D eigenvalue weighted by molar-refractivity contribution is -0.384. The quantitative estimate of drug-likeness (QED) is 0.421. The third kappa shape index (κ3) is 4.84. The molecule has 10 heteroatoms. The molecule has 33 heavy (non-hydrogen) atoms. The number of aromatic amines is 1. The van der Waals surface area contributed by atoms with Crippen LogP contribution in [0.25, 0.3) is 0 Å². The SMILES string of the molecule is COc1ccc(CCNC(=O)c2n[nH]c3c2CN(C(=O)c2ccc([N+](=O)[O-])cc2)CC3)cc1. The standard InChI is InChI=1S/C23H23N5O5/c1-33-18-8-2-15(3-9-18)10-12-24-22(29)21-19-14-27(13-11-20(19)25-26-21)23(30)16-4-6-17(7-5-16)28(31)32/h2-9H,10-14H2,1H3,(H,24,29)(H,25,26). The molecule has 0 bridgehead atoms.